The summed E-state index contributed by atoms with van der Waals surface area (Å²) in [6.07, 6.45) is 7.87. The lowest BCUT2D eigenvalue weighted by Crippen LogP contribution is -2.39. The van der Waals surface area contributed by atoms with Gasteiger partial charge >= 0.3 is 0 Å². The van der Waals surface area contributed by atoms with Gasteiger partial charge in [-0.05, 0) is 61.8 Å². The number of rotatable bonds is 3. The van der Waals surface area contributed by atoms with Crippen LogP contribution >= 0.6 is 0 Å². The Balaban J connectivity index is 1.61. The second kappa shape index (κ2) is 4.69. The SMILES string of the molecule is Nc1cccc2c1CC(CNC1CCC1)CC2. The van der Waals surface area contributed by atoms with E-state index in [1.54, 1.807) is 0 Å². The fraction of sp³-hybridized carbons (Fsp3) is 0.600. The van der Waals surface area contributed by atoms with Crippen LogP contribution in [0.1, 0.15) is 36.8 Å². The van der Waals surface area contributed by atoms with Gasteiger partial charge in [0.15, 0.2) is 0 Å². The lowest BCUT2D eigenvalue weighted by molar-refractivity contribution is 0.306. The van der Waals surface area contributed by atoms with Gasteiger partial charge in [0.05, 0.1) is 0 Å². The third-order valence-corrected chi connectivity index (χ3v) is 4.42. The fourth-order valence-electron chi connectivity index (χ4n) is 3.01. The van der Waals surface area contributed by atoms with Crippen molar-refractivity contribution in [1.29, 1.82) is 0 Å². The summed E-state index contributed by atoms with van der Waals surface area (Å²) >= 11 is 0. The van der Waals surface area contributed by atoms with Crippen molar-refractivity contribution in [1.82, 2.24) is 5.32 Å². The van der Waals surface area contributed by atoms with Crippen LogP contribution in [-0.2, 0) is 12.8 Å². The van der Waals surface area contributed by atoms with E-state index >= 15 is 0 Å². The number of anilines is 1. The van der Waals surface area contributed by atoms with Crippen LogP contribution in [-0.4, -0.2) is 12.6 Å². The Labute approximate surface area is 104 Å². The highest BCUT2D eigenvalue weighted by Gasteiger charge is 2.22. The molecule has 1 aromatic carbocycles. The summed E-state index contributed by atoms with van der Waals surface area (Å²) in [7, 11) is 0. The lowest BCUT2D eigenvalue weighted by Gasteiger charge is -2.31. The van der Waals surface area contributed by atoms with Gasteiger partial charge in [-0.15, -0.1) is 0 Å². The van der Waals surface area contributed by atoms with Gasteiger partial charge in [-0.1, -0.05) is 18.6 Å². The normalized spacial score (nSPS) is 24.1. The largest absolute Gasteiger partial charge is 0.398 e. The van der Waals surface area contributed by atoms with Crippen LogP contribution in [0.5, 0.6) is 0 Å². The molecule has 0 saturated heterocycles. The Kier molecular flexibility index (Phi) is 3.06. The van der Waals surface area contributed by atoms with Crippen LogP contribution in [0.15, 0.2) is 18.2 Å². The first kappa shape index (κ1) is 11.1. The first-order valence-electron chi connectivity index (χ1n) is 6.92. The minimum Gasteiger partial charge on any atom is -0.398 e. The second-order valence-electron chi connectivity index (χ2n) is 5.63. The van der Waals surface area contributed by atoms with Gasteiger partial charge in [-0.25, -0.2) is 0 Å². The Morgan fingerprint density at radius 2 is 2.12 bits per heavy atom. The summed E-state index contributed by atoms with van der Waals surface area (Å²) in [6, 6.07) is 7.17. The molecule has 0 amide bonds. The highest BCUT2D eigenvalue weighted by atomic mass is 14.9. The third-order valence-electron chi connectivity index (χ3n) is 4.42. The van der Waals surface area contributed by atoms with Crippen molar-refractivity contribution in [2.45, 2.75) is 44.6 Å². The smallest absolute Gasteiger partial charge is 0.0349 e. The molecule has 0 bridgehead atoms. The van der Waals surface area contributed by atoms with Crippen molar-refractivity contribution in [3.05, 3.63) is 29.3 Å². The minimum absolute atomic E-state index is 0.785. The maximum absolute atomic E-state index is 6.08. The van der Waals surface area contributed by atoms with Crippen LogP contribution in [0.3, 0.4) is 0 Å². The van der Waals surface area contributed by atoms with Gasteiger partial charge in [0.25, 0.3) is 0 Å². The van der Waals surface area contributed by atoms with Gasteiger partial charge in [0.1, 0.15) is 0 Å². The number of nitrogen functional groups attached to an aromatic ring is 1. The summed E-state index contributed by atoms with van der Waals surface area (Å²) in [5.74, 6) is 0.785. The summed E-state index contributed by atoms with van der Waals surface area (Å²) in [5.41, 5.74) is 9.97. The summed E-state index contributed by atoms with van der Waals surface area (Å²) in [4.78, 5) is 0. The predicted octanol–water partition coefficient (Wildman–Crippen LogP) is 2.52. The quantitative estimate of drug-likeness (QED) is 0.783. The summed E-state index contributed by atoms with van der Waals surface area (Å²) < 4.78 is 0. The molecule has 1 unspecified atom stereocenters. The van der Waals surface area contributed by atoms with Crippen molar-refractivity contribution in [3.63, 3.8) is 0 Å². The van der Waals surface area contributed by atoms with Gasteiger partial charge < -0.3 is 11.1 Å². The molecule has 0 aromatic heterocycles. The average molecular weight is 230 g/mol. The number of fused-ring (bicyclic) bond motifs is 1. The molecule has 92 valence electrons. The molecule has 3 rings (SSSR count). The Hall–Kier alpha value is -1.02. The fourth-order valence-corrected chi connectivity index (χ4v) is 3.01. The predicted molar refractivity (Wildman–Crippen MR) is 72.0 cm³/mol. The highest BCUT2D eigenvalue weighted by Crippen LogP contribution is 2.29. The van der Waals surface area contributed by atoms with Gasteiger partial charge in [0, 0.05) is 11.7 Å². The maximum Gasteiger partial charge on any atom is 0.0349 e. The Bertz CT molecular complexity index is 396. The van der Waals surface area contributed by atoms with Crippen LogP contribution in [0, 0.1) is 5.92 Å². The molecule has 2 heteroatoms. The van der Waals surface area contributed by atoms with Crippen LogP contribution in [0.4, 0.5) is 5.69 Å². The lowest BCUT2D eigenvalue weighted by atomic mass is 9.82. The topological polar surface area (TPSA) is 38.0 Å². The summed E-state index contributed by atoms with van der Waals surface area (Å²) in [6.45, 7) is 1.18. The first-order valence-corrected chi connectivity index (χ1v) is 6.92. The van der Waals surface area contributed by atoms with E-state index in [0.717, 1.165) is 17.6 Å². The van der Waals surface area contributed by atoms with E-state index in [9.17, 15) is 0 Å². The van der Waals surface area contributed by atoms with Crippen molar-refractivity contribution >= 4 is 5.69 Å². The third kappa shape index (κ3) is 2.32. The van der Waals surface area contributed by atoms with E-state index in [2.05, 4.69) is 17.4 Å². The van der Waals surface area contributed by atoms with E-state index in [0.29, 0.717) is 0 Å². The molecule has 3 N–H and O–H groups in total. The zero-order valence-electron chi connectivity index (χ0n) is 10.4. The molecular weight excluding hydrogens is 208 g/mol. The van der Waals surface area contributed by atoms with Crippen molar-refractivity contribution in [2.75, 3.05) is 12.3 Å². The molecule has 1 atom stereocenters. The molecule has 2 aliphatic rings. The molecule has 0 radical (unpaired) electrons. The Morgan fingerprint density at radius 3 is 2.88 bits per heavy atom. The molecule has 0 aliphatic heterocycles. The first-order chi connectivity index (χ1) is 8.33. The molecule has 0 heterocycles. The Morgan fingerprint density at radius 1 is 1.24 bits per heavy atom. The van der Waals surface area contributed by atoms with Gasteiger partial charge in [-0.3, -0.25) is 0 Å². The van der Waals surface area contributed by atoms with E-state index < -0.39 is 0 Å². The monoisotopic (exact) mass is 230 g/mol. The zero-order chi connectivity index (χ0) is 11.7. The molecular formula is C15H22N2. The van der Waals surface area contributed by atoms with Crippen molar-refractivity contribution in [2.24, 2.45) is 5.92 Å². The molecule has 2 aliphatic carbocycles. The zero-order valence-corrected chi connectivity index (χ0v) is 10.4. The standard InChI is InChI=1S/C15H22N2/c16-15-6-1-3-12-8-7-11(9-14(12)15)10-17-13-4-2-5-13/h1,3,6,11,13,17H,2,4-5,7-10,16H2. The number of nitrogens with two attached hydrogens (primary N) is 1. The molecule has 1 fully saturated rings. The van der Waals surface area contributed by atoms with Gasteiger partial charge in [-0.2, -0.15) is 0 Å². The molecule has 1 saturated carbocycles. The van der Waals surface area contributed by atoms with E-state index in [-0.39, 0.29) is 0 Å². The van der Waals surface area contributed by atoms with Crippen LogP contribution < -0.4 is 11.1 Å². The molecule has 2 nitrogen and oxygen atoms in total. The highest BCUT2D eigenvalue weighted by molar-refractivity contribution is 5.52. The average Bonchev–Trinajstić information content (AvgIpc) is 2.28. The molecule has 1 aromatic rings. The minimum atomic E-state index is 0.785. The van der Waals surface area contributed by atoms with E-state index in [4.69, 9.17) is 5.73 Å². The number of hydrogen-bond donors (Lipinski definition) is 2. The van der Waals surface area contributed by atoms with Crippen LogP contribution in [0.25, 0.3) is 0 Å². The second-order valence-corrected chi connectivity index (χ2v) is 5.63. The molecule has 17 heavy (non-hydrogen) atoms. The van der Waals surface area contributed by atoms with E-state index in [1.165, 1.54) is 56.2 Å². The number of nitrogens with one attached hydrogen (secondary N) is 1. The number of aryl methyl sites for hydroxylation is 1. The number of hydrogen-bond acceptors (Lipinski definition) is 2. The van der Waals surface area contributed by atoms with Crippen LogP contribution in [0.2, 0.25) is 0 Å². The summed E-state index contributed by atoms with van der Waals surface area (Å²) in [5, 5.41) is 3.70. The van der Waals surface area contributed by atoms with Gasteiger partial charge in [0.2, 0.25) is 0 Å². The molecule has 0 spiro atoms. The maximum atomic E-state index is 6.08. The van der Waals surface area contributed by atoms with Crippen molar-refractivity contribution in [3.8, 4) is 0 Å². The van der Waals surface area contributed by atoms with E-state index in [1.807, 2.05) is 6.07 Å². The van der Waals surface area contributed by atoms with Crippen molar-refractivity contribution < 1.29 is 0 Å². The number of benzene rings is 1.